The number of ether oxygens (including phenoxy) is 1. The molecule has 0 spiro atoms. The summed E-state index contributed by atoms with van der Waals surface area (Å²) in [6.07, 6.45) is 0. The Balaban J connectivity index is 2.98. The van der Waals surface area contributed by atoms with Gasteiger partial charge < -0.3 is 9.64 Å². The number of halogens is 1. The minimum Gasteiger partial charge on any atom is -0.494 e. The monoisotopic (exact) mass is 208 g/mol. The number of anilines is 1. The molecular weight excluding hydrogens is 195 g/mol. The van der Waals surface area contributed by atoms with Gasteiger partial charge in [-0.1, -0.05) is 0 Å². The SMILES string of the molecule is COc1ccc(N(C)C(C)C#N)cc1F. The third-order valence-electron chi connectivity index (χ3n) is 2.31. The normalized spacial score (nSPS) is 11.7. The topological polar surface area (TPSA) is 36.3 Å². The van der Waals surface area contributed by atoms with E-state index in [1.807, 2.05) is 0 Å². The lowest BCUT2D eigenvalue weighted by Gasteiger charge is -2.21. The van der Waals surface area contributed by atoms with E-state index in [9.17, 15) is 4.39 Å². The minimum absolute atomic E-state index is 0.205. The maximum Gasteiger partial charge on any atom is 0.167 e. The van der Waals surface area contributed by atoms with Gasteiger partial charge in [0.15, 0.2) is 11.6 Å². The summed E-state index contributed by atoms with van der Waals surface area (Å²) in [6, 6.07) is 6.41. The Morgan fingerprint density at radius 3 is 2.67 bits per heavy atom. The number of hydrogen-bond acceptors (Lipinski definition) is 3. The van der Waals surface area contributed by atoms with E-state index in [1.54, 1.807) is 31.0 Å². The smallest absolute Gasteiger partial charge is 0.167 e. The number of benzene rings is 1. The molecule has 0 aliphatic heterocycles. The molecule has 3 nitrogen and oxygen atoms in total. The average Bonchev–Trinajstić information content (AvgIpc) is 2.26. The lowest BCUT2D eigenvalue weighted by molar-refractivity contribution is 0.386. The van der Waals surface area contributed by atoms with Gasteiger partial charge in [-0.3, -0.25) is 0 Å². The van der Waals surface area contributed by atoms with Gasteiger partial charge in [-0.25, -0.2) is 4.39 Å². The van der Waals surface area contributed by atoms with Gasteiger partial charge in [-0.15, -0.1) is 0 Å². The molecule has 0 heterocycles. The van der Waals surface area contributed by atoms with Gasteiger partial charge in [0.05, 0.1) is 13.2 Å². The molecule has 1 atom stereocenters. The fourth-order valence-corrected chi connectivity index (χ4v) is 1.18. The lowest BCUT2D eigenvalue weighted by atomic mass is 10.2. The van der Waals surface area contributed by atoms with E-state index in [2.05, 4.69) is 6.07 Å². The summed E-state index contributed by atoms with van der Waals surface area (Å²) in [4.78, 5) is 1.70. The fraction of sp³-hybridized carbons (Fsp3) is 0.364. The quantitative estimate of drug-likeness (QED) is 0.763. The molecule has 0 amide bonds. The van der Waals surface area contributed by atoms with Gasteiger partial charge in [0.25, 0.3) is 0 Å². The highest BCUT2D eigenvalue weighted by Crippen LogP contribution is 2.23. The Morgan fingerprint density at radius 1 is 1.53 bits per heavy atom. The Bertz CT molecular complexity index is 387. The number of methoxy groups -OCH3 is 1. The van der Waals surface area contributed by atoms with E-state index < -0.39 is 5.82 Å². The van der Waals surface area contributed by atoms with Crippen molar-refractivity contribution in [2.45, 2.75) is 13.0 Å². The second-order valence-corrected chi connectivity index (χ2v) is 3.23. The molecule has 0 fully saturated rings. The standard InChI is InChI=1S/C11H13FN2O/c1-8(7-13)14(2)9-4-5-11(15-3)10(12)6-9/h4-6,8H,1-3H3. The zero-order chi connectivity index (χ0) is 11.4. The van der Waals surface area contributed by atoms with E-state index in [0.717, 1.165) is 0 Å². The van der Waals surface area contributed by atoms with Crippen molar-refractivity contribution in [1.29, 1.82) is 5.26 Å². The third kappa shape index (κ3) is 2.38. The highest BCUT2D eigenvalue weighted by Gasteiger charge is 2.11. The molecule has 1 rings (SSSR count). The Hall–Kier alpha value is -1.76. The van der Waals surface area contributed by atoms with Gasteiger partial charge in [-0.2, -0.15) is 5.26 Å². The Morgan fingerprint density at radius 2 is 2.20 bits per heavy atom. The molecule has 0 saturated carbocycles. The molecule has 1 aromatic rings. The largest absolute Gasteiger partial charge is 0.494 e. The van der Waals surface area contributed by atoms with Crippen LogP contribution >= 0.6 is 0 Å². The number of nitriles is 1. The van der Waals surface area contributed by atoms with Crippen molar-refractivity contribution in [2.24, 2.45) is 0 Å². The molecule has 4 heteroatoms. The van der Waals surface area contributed by atoms with E-state index >= 15 is 0 Å². The molecule has 0 aliphatic carbocycles. The minimum atomic E-state index is -0.424. The van der Waals surface area contributed by atoms with Crippen LogP contribution in [0.2, 0.25) is 0 Å². The maximum atomic E-state index is 13.3. The summed E-state index contributed by atoms with van der Waals surface area (Å²) in [5, 5.41) is 8.73. The van der Waals surface area contributed by atoms with Crippen molar-refractivity contribution in [2.75, 3.05) is 19.1 Å². The Kier molecular flexibility index (Phi) is 3.51. The zero-order valence-corrected chi connectivity index (χ0v) is 8.99. The second kappa shape index (κ2) is 4.65. The van der Waals surface area contributed by atoms with E-state index in [1.165, 1.54) is 13.2 Å². The molecule has 15 heavy (non-hydrogen) atoms. The van der Waals surface area contributed by atoms with Crippen molar-refractivity contribution in [3.63, 3.8) is 0 Å². The molecule has 0 saturated heterocycles. The van der Waals surface area contributed by atoms with Crippen LogP contribution in [0.5, 0.6) is 5.75 Å². The summed E-state index contributed by atoms with van der Waals surface area (Å²) in [5.74, 6) is -0.219. The van der Waals surface area contributed by atoms with Gasteiger partial charge in [0.1, 0.15) is 6.04 Å². The van der Waals surface area contributed by atoms with Crippen molar-refractivity contribution >= 4 is 5.69 Å². The first kappa shape index (κ1) is 11.3. The van der Waals surface area contributed by atoms with Crippen LogP contribution in [0.4, 0.5) is 10.1 Å². The molecule has 0 aliphatic rings. The predicted molar refractivity (Wildman–Crippen MR) is 56.4 cm³/mol. The molecule has 0 aromatic heterocycles. The molecule has 1 aromatic carbocycles. The first-order valence-corrected chi connectivity index (χ1v) is 4.56. The third-order valence-corrected chi connectivity index (χ3v) is 2.31. The van der Waals surface area contributed by atoms with Crippen molar-refractivity contribution in [3.8, 4) is 11.8 Å². The molecule has 1 unspecified atom stereocenters. The number of rotatable bonds is 3. The van der Waals surface area contributed by atoms with Gasteiger partial charge in [0, 0.05) is 18.8 Å². The average molecular weight is 208 g/mol. The van der Waals surface area contributed by atoms with Gasteiger partial charge in [0.2, 0.25) is 0 Å². The second-order valence-electron chi connectivity index (χ2n) is 3.23. The van der Waals surface area contributed by atoms with E-state index in [-0.39, 0.29) is 11.8 Å². The van der Waals surface area contributed by atoms with Crippen LogP contribution < -0.4 is 9.64 Å². The fourth-order valence-electron chi connectivity index (χ4n) is 1.18. The van der Waals surface area contributed by atoms with Gasteiger partial charge in [-0.05, 0) is 19.1 Å². The van der Waals surface area contributed by atoms with Gasteiger partial charge >= 0.3 is 0 Å². The zero-order valence-electron chi connectivity index (χ0n) is 8.99. The van der Waals surface area contributed by atoms with Crippen molar-refractivity contribution < 1.29 is 9.13 Å². The molecule has 80 valence electrons. The molecule has 0 N–H and O–H groups in total. The van der Waals surface area contributed by atoms with Crippen LogP contribution in [0.25, 0.3) is 0 Å². The lowest BCUT2D eigenvalue weighted by Crippen LogP contribution is -2.27. The summed E-state index contributed by atoms with van der Waals surface area (Å²) in [7, 11) is 3.16. The predicted octanol–water partition coefficient (Wildman–Crippen LogP) is 2.18. The number of nitrogens with zero attached hydrogens (tertiary/aromatic N) is 2. The Labute approximate surface area is 88.7 Å². The van der Waals surface area contributed by atoms with Crippen LogP contribution in [0.15, 0.2) is 18.2 Å². The van der Waals surface area contributed by atoms with E-state index in [0.29, 0.717) is 5.69 Å². The van der Waals surface area contributed by atoms with Crippen LogP contribution in [0.1, 0.15) is 6.92 Å². The number of hydrogen-bond donors (Lipinski definition) is 0. The van der Waals surface area contributed by atoms with Crippen LogP contribution in [0, 0.1) is 17.1 Å². The van der Waals surface area contributed by atoms with Crippen molar-refractivity contribution in [1.82, 2.24) is 0 Å². The highest BCUT2D eigenvalue weighted by atomic mass is 19.1. The summed E-state index contributed by atoms with van der Waals surface area (Å²) in [5.41, 5.74) is 0.655. The highest BCUT2D eigenvalue weighted by molar-refractivity contribution is 5.50. The molecular formula is C11H13FN2O. The van der Waals surface area contributed by atoms with E-state index in [4.69, 9.17) is 10.00 Å². The van der Waals surface area contributed by atoms with Crippen LogP contribution in [-0.2, 0) is 0 Å². The first-order valence-electron chi connectivity index (χ1n) is 4.56. The van der Waals surface area contributed by atoms with Crippen molar-refractivity contribution in [3.05, 3.63) is 24.0 Å². The van der Waals surface area contributed by atoms with Crippen LogP contribution in [-0.4, -0.2) is 20.2 Å². The molecule has 0 radical (unpaired) electrons. The first-order chi connectivity index (χ1) is 7.10. The van der Waals surface area contributed by atoms with Crippen LogP contribution in [0.3, 0.4) is 0 Å². The summed E-state index contributed by atoms with van der Waals surface area (Å²) >= 11 is 0. The summed E-state index contributed by atoms with van der Waals surface area (Å²) < 4.78 is 18.2. The maximum absolute atomic E-state index is 13.3. The summed E-state index contributed by atoms with van der Waals surface area (Å²) in [6.45, 7) is 1.75. The molecule has 0 bridgehead atoms.